The molecule has 2 N–H and O–H groups in total. The van der Waals surface area contributed by atoms with Crippen molar-refractivity contribution in [2.75, 3.05) is 0 Å². The van der Waals surface area contributed by atoms with E-state index in [2.05, 4.69) is 5.32 Å². The van der Waals surface area contributed by atoms with Crippen LogP contribution >= 0.6 is 11.6 Å². The summed E-state index contributed by atoms with van der Waals surface area (Å²) >= 11 is 5.72. The van der Waals surface area contributed by atoms with Gasteiger partial charge in [0.05, 0.1) is 11.6 Å². The van der Waals surface area contributed by atoms with Crippen LogP contribution in [0.15, 0.2) is 42.5 Å². The van der Waals surface area contributed by atoms with E-state index in [0.29, 0.717) is 18.7 Å². The van der Waals surface area contributed by atoms with Gasteiger partial charge in [0.1, 0.15) is 5.82 Å². The highest BCUT2D eigenvalue weighted by molar-refractivity contribution is 6.30. The summed E-state index contributed by atoms with van der Waals surface area (Å²) in [6.45, 7) is 1.10. The molecule has 100 valence electrons. The lowest BCUT2D eigenvalue weighted by Crippen LogP contribution is -2.13. The quantitative estimate of drug-likeness (QED) is 0.880. The van der Waals surface area contributed by atoms with Crippen LogP contribution in [0.3, 0.4) is 0 Å². The van der Waals surface area contributed by atoms with Gasteiger partial charge in [-0.2, -0.15) is 0 Å². The first-order valence-electron chi connectivity index (χ1n) is 6.03. The van der Waals surface area contributed by atoms with Gasteiger partial charge in [0.15, 0.2) is 0 Å². The molecule has 4 heteroatoms. The Morgan fingerprint density at radius 2 is 1.68 bits per heavy atom. The fourth-order valence-corrected chi connectivity index (χ4v) is 1.98. The number of benzene rings is 2. The second-order valence-corrected chi connectivity index (χ2v) is 4.70. The SMILES string of the molecule is OCc1ccc(CNCc2cccc(Cl)c2F)cc1. The van der Waals surface area contributed by atoms with Crippen molar-refractivity contribution in [3.05, 3.63) is 70.0 Å². The van der Waals surface area contributed by atoms with Gasteiger partial charge in [0, 0.05) is 18.7 Å². The number of hydrogen-bond donors (Lipinski definition) is 2. The van der Waals surface area contributed by atoms with Crippen LogP contribution in [0.2, 0.25) is 5.02 Å². The zero-order valence-corrected chi connectivity index (χ0v) is 11.1. The Morgan fingerprint density at radius 1 is 1.00 bits per heavy atom. The minimum Gasteiger partial charge on any atom is -0.392 e. The second-order valence-electron chi connectivity index (χ2n) is 4.29. The minimum absolute atomic E-state index is 0.0431. The molecule has 19 heavy (non-hydrogen) atoms. The Labute approximate surface area is 116 Å². The predicted molar refractivity (Wildman–Crippen MR) is 74.3 cm³/mol. The normalized spacial score (nSPS) is 10.7. The third kappa shape index (κ3) is 3.77. The molecule has 0 saturated heterocycles. The van der Waals surface area contributed by atoms with E-state index in [9.17, 15) is 4.39 Å². The van der Waals surface area contributed by atoms with Crippen molar-refractivity contribution < 1.29 is 9.50 Å². The first kappa shape index (κ1) is 14.0. The Balaban J connectivity index is 1.90. The molecule has 0 radical (unpaired) electrons. The molecule has 0 aliphatic heterocycles. The van der Waals surface area contributed by atoms with E-state index in [1.165, 1.54) is 6.07 Å². The third-order valence-electron chi connectivity index (χ3n) is 2.88. The van der Waals surface area contributed by atoms with Crippen LogP contribution in [-0.2, 0) is 19.7 Å². The lowest BCUT2D eigenvalue weighted by molar-refractivity contribution is 0.282. The van der Waals surface area contributed by atoms with Crippen LogP contribution < -0.4 is 5.32 Å². The number of hydrogen-bond acceptors (Lipinski definition) is 2. The molecule has 2 nitrogen and oxygen atoms in total. The Kier molecular flexibility index (Phi) is 4.91. The molecule has 0 aliphatic rings. The highest BCUT2D eigenvalue weighted by Crippen LogP contribution is 2.17. The van der Waals surface area contributed by atoms with Gasteiger partial charge in [-0.25, -0.2) is 4.39 Å². The average molecular weight is 280 g/mol. The third-order valence-corrected chi connectivity index (χ3v) is 3.17. The molecular formula is C15H15ClFNO. The smallest absolute Gasteiger partial charge is 0.146 e. The molecular weight excluding hydrogens is 265 g/mol. The zero-order chi connectivity index (χ0) is 13.7. The largest absolute Gasteiger partial charge is 0.392 e. The van der Waals surface area contributed by atoms with Gasteiger partial charge >= 0.3 is 0 Å². The zero-order valence-electron chi connectivity index (χ0n) is 10.4. The number of aliphatic hydroxyl groups excluding tert-OH is 1. The predicted octanol–water partition coefficient (Wildman–Crippen LogP) is 3.26. The van der Waals surface area contributed by atoms with Gasteiger partial charge in [-0.15, -0.1) is 0 Å². The number of halogens is 2. The molecule has 2 aromatic rings. The Morgan fingerprint density at radius 3 is 2.37 bits per heavy atom. The van der Waals surface area contributed by atoms with Crippen molar-refractivity contribution >= 4 is 11.6 Å². The summed E-state index contributed by atoms with van der Waals surface area (Å²) in [5, 5.41) is 12.2. The molecule has 0 bridgehead atoms. The van der Waals surface area contributed by atoms with Crippen molar-refractivity contribution in [3.8, 4) is 0 Å². The van der Waals surface area contributed by atoms with Gasteiger partial charge in [0.2, 0.25) is 0 Å². The maximum atomic E-state index is 13.6. The first-order chi connectivity index (χ1) is 9.20. The molecule has 2 rings (SSSR count). The van der Waals surface area contributed by atoms with Crippen molar-refractivity contribution in [1.82, 2.24) is 5.32 Å². The molecule has 0 amide bonds. The molecule has 0 unspecified atom stereocenters. The minimum atomic E-state index is -0.368. The van der Waals surface area contributed by atoms with Gasteiger partial charge < -0.3 is 10.4 Å². The van der Waals surface area contributed by atoms with Crippen LogP contribution in [0, 0.1) is 5.82 Å². The van der Waals surface area contributed by atoms with E-state index in [-0.39, 0.29) is 17.4 Å². The Bertz CT molecular complexity index is 542. The van der Waals surface area contributed by atoms with Crippen LogP contribution in [0.5, 0.6) is 0 Å². The first-order valence-corrected chi connectivity index (χ1v) is 6.41. The van der Waals surface area contributed by atoms with Crippen LogP contribution in [0.4, 0.5) is 4.39 Å². The molecule has 0 atom stereocenters. The highest BCUT2D eigenvalue weighted by atomic mass is 35.5. The number of nitrogens with one attached hydrogen (secondary N) is 1. The van der Waals surface area contributed by atoms with Gasteiger partial charge in [-0.3, -0.25) is 0 Å². The van der Waals surface area contributed by atoms with Gasteiger partial charge in [-0.1, -0.05) is 48.0 Å². The fourth-order valence-electron chi connectivity index (χ4n) is 1.79. The molecule has 0 spiro atoms. The highest BCUT2D eigenvalue weighted by Gasteiger charge is 2.05. The lowest BCUT2D eigenvalue weighted by Gasteiger charge is -2.07. The summed E-state index contributed by atoms with van der Waals surface area (Å²) in [5.74, 6) is -0.368. The van der Waals surface area contributed by atoms with Gasteiger partial charge in [0.25, 0.3) is 0 Å². The lowest BCUT2D eigenvalue weighted by atomic mass is 10.1. The summed E-state index contributed by atoms with van der Waals surface area (Å²) in [5.41, 5.74) is 2.52. The van der Waals surface area contributed by atoms with E-state index >= 15 is 0 Å². The second kappa shape index (κ2) is 6.66. The van der Waals surface area contributed by atoms with E-state index < -0.39 is 0 Å². The van der Waals surface area contributed by atoms with Crippen LogP contribution in [0.25, 0.3) is 0 Å². The van der Waals surface area contributed by atoms with Crippen molar-refractivity contribution in [1.29, 1.82) is 0 Å². The molecule has 0 heterocycles. The van der Waals surface area contributed by atoms with Crippen molar-refractivity contribution in [2.24, 2.45) is 0 Å². The van der Waals surface area contributed by atoms with Gasteiger partial charge in [-0.05, 0) is 17.2 Å². The van der Waals surface area contributed by atoms with Crippen LogP contribution in [-0.4, -0.2) is 5.11 Å². The molecule has 2 aromatic carbocycles. The Hall–Kier alpha value is -1.42. The van der Waals surface area contributed by atoms with E-state index in [0.717, 1.165) is 11.1 Å². The summed E-state index contributed by atoms with van der Waals surface area (Å²) < 4.78 is 13.6. The van der Waals surface area contributed by atoms with E-state index in [1.54, 1.807) is 12.1 Å². The van der Waals surface area contributed by atoms with Crippen LogP contribution in [0.1, 0.15) is 16.7 Å². The number of rotatable bonds is 5. The maximum absolute atomic E-state index is 13.6. The monoisotopic (exact) mass is 279 g/mol. The summed E-state index contributed by atoms with van der Waals surface area (Å²) in [6, 6.07) is 12.6. The van der Waals surface area contributed by atoms with Crippen molar-refractivity contribution in [3.63, 3.8) is 0 Å². The summed E-state index contributed by atoms with van der Waals surface area (Å²) in [7, 11) is 0. The average Bonchev–Trinajstić information content (AvgIpc) is 2.44. The maximum Gasteiger partial charge on any atom is 0.146 e. The molecule has 0 saturated carbocycles. The number of aliphatic hydroxyl groups is 1. The van der Waals surface area contributed by atoms with E-state index in [1.807, 2.05) is 24.3 Å². The molecule has 0 fully saturated rings. The summed E-state index contributed by atoms with van der Waals surface area (Å²) in [6.07, 6.45) is 0. The molecule has 0 aliphatic carbocycles. The fraction of sp³-hybridized carbons (Fsp3) is 0.200. The standard InChI is InChI=1S/C15H15ClFNO/c16-14-3-1-2-13(15(14)17)9-18-8-11-4-6-12(10-19)7-5-11/h1-7,18-19H,8-10H2. The van der Waals surface area contributed by atoms with Crippen molar-refractivity contribution in [2.45, 2.75) is 19.7 Å². The topological polar surface area (TPSA) is 32.3 Å². The molecule has 0 aromatic heterocycles. The summed E-state index contributed by atoms with van der Waals surface area (Å²) in [4.78, 5) is 0. The van der Waals surface area contributed by atoms with E-state index in [4.69, 9.17) is 16.7 Å².